The van der Waals surface area contributed by atoms with Crippen molar-refractivity contribution in [2.24, 2.45) is 5.14 Å². The number of aromatic amines is 1. The highest BCUT2D eigenvalue weighted by molar-refractivity contribution is 7.89. The fraction of sp³-hybridized carbons (Fsp3) is 0.250. The normalized spacial score (nSPS) is 12.7. The Hall–Kier alpha value is -3.04. The fourth-order valence-corrected chi connectivity index (χ4v) is 3.55. The first-order chi connectivity index (χ1) is 13.7. The molecule has 8 nitrogen and oxygen atoms in total. The van der Waals surface area contributed by atoms with E-state index >= 15 is 0 Å². The monoisotopic (exact) mass is 414 g/mol. The number of primary sulfonamides is 1. The molecule has 0 saturated heterocycles. The van der Waals surface area contributed by atoms with Gasteiger partial charge in [-0.25, -0.2) is 18.5 Å². The number of nitrogens with zero attached hydrogens (tertiary/aromatic N) is 2. The van der Waals surface area contributed by atoms with Gasteiger partial charge in [0.15, 0.2) is 0 Å². The van der Waals surface area contributed by atoms with Gasteiger partial charge < -0.3 is 9.88 Å². The molecule has 1 amide bonds. The zero-order valence-electron chi connectivity index (χ0n) is 16.1. The van der Waals surface area contributed by atoms with Crippen molar-refractivity contribution < 1.29 is 13.2 Å². The van der Waals surface area contributed by atoms with Gasteiger partial charge >= 0.3 is 0 Å². The summed E-state index contributed by atoms with van der Waals surface area (Å²) in [7, 11) is -2.08. The molecule has 2 aromatic carbocycles. The third-order valence-electron chi connectivity index (χ3n) is 4.90. The van der Waals surface area contributed by atoms with Crippen LogP contribution in [-0.2, 0) is 21.2 Å². The highest BCUT2D eigenvalue weighted by Crippen LogP contribution is 2.21. The van der Waals surface area contributed by atoms with Crippen molar-refractivity contribution in [3.05, 3.63) is 70.3 Å². The molecule has 3 rings (SSSR count). The Morgan fingerprint density at radius 1 is 1.17 bits per heavy atom. The van der Waals surface area contributed by atoms with Gasteiger partial charge in [-0.1, -0.05) is 24.3 Å². The van der Waals surface area contributed by atoms with Crippen molar-refractivity contribution in [1.82, 2.24) is 14.9 Å². The van der Waals surface area contributed by atoms with Gasteiger partial charge in [0.2, 0.25) is 15.9 Å². The Morgan fingerprint density at radius 3 is 2.48 bits per heavy atom. The molecule has 0 bridgehead atoms. The Balaban J connectivity index is 1.68. The minimum atomic E-state index is -3.76. The Bertz CT molecular complexity index is 1200. The van der Waals surface area contributed by atoms with Gasteiger partial charge in [0.25, 0.3) is 5.56 Å². The van der Waals surface area contributed by atoms with E-state index in [0.29, 0.717) is 23.1 Å². The average molecular weight is 414 g/mol. The highest BCUT2D eigenvalue weighted by atomic mass is 32.2. The molecule has 0 unspecified atom stereocenters. The number of aryl methyl sites for hydroxylation is 1. The molecule has 0 radical (unpaired) electrons. The van der Waals surface area contributed by atoms with E-state index in [0.717, 1.165) is 5.56 Å². The number of aromatic nitrogens is 2. The number of H-pyrrole nitrogens is 1. The predicted molar refractivity (Wildman–Crippen MR) is 110 cm³/mol. The van der Waals surface area contributed by atoms with Gasteiger partial charge in [0.1, 0.15) is 5.82 Å². The van der Waals surface area contributed by atoms with Gasteiger partial charge in [-0.15, -0.1) is 0 Å². The topological polar surface area (TPSA) is 126 Å². The summed E-state index contributed by atoms with van der Waals surface area (Å²) in [4.78, 5) is 33.4. The Morgan fingerprint density at radius 2 is 1.83 bits per heavy atom. The molecule has 0 aliphatic rings. The number of benzene rings is 2. The van der Waals surface area contributed by atoms with Crippen molar-refractivity contribution in [3.63, 3.8) is 0 Å². The largest absolute Gasteiger partial charge is 0.339 e. The molecule has 152 valence electrons. The second-order valence-corrected chi connectivity index (χ2v) is 8.39. The number of hydrogen-bond acceptors (Lipinski definition) is 5. The van der Waals surface area contributed by atoms with Crippen LogP contribution in [0.4, 0.5) is 0 Å². The van der Waals surface area contributed by atoms with E-state index in [9.17, 15) is 18.0 Å². The third-order valence-corrected chi connectivity index (χ3v) is 5.83. The zero-order chi connectivity index (χ0) is 21.2. The lowest BCUT2D eigenvalue weighted by molar-refractivity contribution is -0.131. The lowest BCUT2D eigenvalue weighted by Crippen LogP contribution is -2.30. The van der Waals surface area contributed by atoms with Crippen LogP contribution < -0.4 is 10.7 Å². The quantitative estimate of drug-likeness (QED) is 0.635. The second kappa shape index (κ2) is 8.14. The van der Waals surface area contributed by atoms with E-state index < -0.39 is 10.0 Å². The zero-order valence-corrected chi connectivity index (χ0v) is 16.9. The van der Waals surface area contributed by atoms with Crippen LogP contribution in [-0.4, -0.2) is 36.2 Å². The number of carbonyl (C=O) groups excluding carboxylic acids is 1. The van der Waals surface area contributed by atoms with Gasteiger partial charge in [-0.2, -0.15) is 0 Å². The van der Waals surface area contributed by atoms with Crippen molar-refractivity contribution >= 4 is 26.8 Å². The molecule has 1 aromatic heterocycles. The maximum absolute atomic E-state index is 12.6. The molecule has 9 heteroatoms. The molecule has 1 atom stereocenters. The van der Waals surface area contributed by atoms with Crippen LogP contribution in [0.3, 0.4) is 0 Å². The fourth-order valence-electron chi connectivity index (χ4n) is 3.03. The lowest BCUT2D eigenvalue weighted by atomic mass is 10.1. The van der Waals surface area contributed by atoms with Gasteiger partial charge in [-0.3, -0.25) is 9.59 Å². The summed E-state index contributed by atoms with van der Waals surface area (Å²) >= 11 is 0. The van der Waals surface area contributed by atoms with E-state index in [-0.39, 0.29) is 28.8 Å². The smallest absolute Gasteiger partial charge is 0.258 e. The Labute approximate surface area is 168 Å². The average Bonchev–Trinajstić information content (AvgIpc) is 2.70. The number of fused-ring (bicyclic) bond motifs is 1. The molecule has 29 heavy (non-hydrogen) atoms. The van der Waals surface area contributed by atoms with Gasteiger partial charge in [-0.05, 0) is 36.8 Å². The number of carbonyl (C=O) groups is 1. The number of hydrogen-bond donors (Lipinski definition) is 2. The van der Waals surface area contributed by atoms with Gasteiger partial charge in [0.05, 0.1) is 21.8 Å². The Kier molecular flexibility index (Phi) is 5.81. The molecule has 0 fully saturated rings. The van der Waals surface area contributed by atoms with Crippen LogP contribution in [0.15, 0.2) is 58.2 Å². The number of amides is 1. The third kappa shape index (κ3) is 4.69. The van der Waals surface area contributed by atoms with Crippen molar-refractivity contribution in [2.75, 3.05) is 7.05 Å². The van der Waals surface area contributed by atoms with Crippen LogP contribution in [0, 0.1) is 0 Å². The summed E-state index contributed by atoms with van der Waals surface area (Å²) in [6, 6.07) is 12.9. The molecular formula is C20H22N4O4S. The molecule has 0 aliphatic heterocycles. The van der Waals surface area contributed by atoms with E-state index in [1.54, 1.807) is 48.3 Å². The molecule has 3 aromatic rings. The van der Waals surface area contributed by atoms with Crippen molar-refractivity contribution in [2.45, 2.75) is 30.7 Å². The number of para-hydroxylation sites is 1. The lowest BCUT2D eigenvalue weighted by Gasteiger charge is -2.25. The summed E-state index contributed by atoms with van der Waals surface area (Å²) in [5.41, 5.74) is 1.15. The molecule has 3 N–H and O–H groups in total. The van der Waals surface area contributed by atoms with Crippen molar-refractivity contribution in [1.29, 1.82) is 0 Å². The van der Waals surface area contributed by atoms with Crippen LogP contribution in [0.5, 0.6) is 0 Å². The maximum atomic E-state index is 12.6. The molecule has 0 spiro atoms. The van der Waals surface area contributed by atoms with E-state index in [4.69, 9.17) is 5.14 Å². The maximum Gasteiger partial charge on any atom is 0.258 e. The summed E-state index contributed by atoms with van der Waals surface area (Å²) in [6.07, 6.45) is 0.484. The summed E-state index contributed by atoms with van der Waals surface area (Å²) < 4.78 is 22.7. The predicted octanol–water partition coefficient (Wildman–Crippen LogP) is 1.72. The first kappa shape index (κ1) is 20.7. The molecule has 0 aliphatic carbocycles. The first-order valence-electron chi connectivity index (χ1n) is 9.03. The summed E-state index contributed by atoms with van der Waals surface area (Å²) in [5, 5.41) is 5.62. The van der Waals surface area contributed by atoms with Gasteiger partial charge in [0, 0.05) is 19.9 Å². The molecule has 0 saturated carbocycles. The summed E-state index contributed by atoms with van der Waals surface area (Å²) in [6.45, 7) is 1.85. The number of nitrogens with two attached hydrogens (primary N) is 1. The van der Waals surface area contributed by atoms with E-state index in [2.05, 4.69) is 9.97 Å². The SMILES string of the molecule is C[C@@H](c1ccc(S(N)(=O)=O)cc1)N(C)C(=O)CCc1nc2ccccc2c(=O)[nH]1. The minimum absolute atomic E-state index is 0.0220. The molecular weight excluding hydrogens is 392 g/mol. The van der Waals surface area contributed by atoms with Crippen LogP contribution in [0.1, 0.15) is 30.8 Å². The minimum Gasteiger partial charge on any atom is -0.339 e. The summed E-state index contributed by atoms with van der Waals surface area (Å²) in [5.74, 6) is 0.337. The first-order valence-corrected chi connectivity index (χ1v) is 10.6. The molecule has 1 heterocycles. The standard InChI is InChI=1S/C20H22N4O4S/c1-13(14-7-9-15(10-8-14)29(21,27)28)24(2)19(25)12-11-18-22-17-6-4-3-5-16(17)20(26)23-18/h3-10,13H,11-12H2,1-2H3,(H2,21,27,28)(H,22,23,26)/t13-/m0/s1. The number of sulfonamides is 1. The van der Waals surface area contributed by atoms with Crippen molar-refractivity contribution in [3.8, 4) is 0 Å². The second-order valence-electron chi connectivity index (χ2n) is 6.82. The number of rotatable bonds is 6. The van der Waals surface area contributed by atoms with E-state index in [1.165, 1.54) is 12.1 Å². The highest BCUT2D eigenvalue weighted by Gasteiger charge is 2.18. The van der Waals surface area contributed by atoms with Crippen LogP contribution >= 0.6 is 0 Å². The van der Waals surface area contributed by atoms with Crippen LogP contribution in [0.25, 0.3) is 10.9 Å². The van der Waals surface area contributed by atoms with E-state index in [1.807, 2.05) is 6.92 Å². The van der Waals surface area contributed by atoms with Crippen LogP contribution in [0.2, 0.25) is 0 Å². The number of nitrogens with one attached hydrogen (secondary N) is 1.